The highest BCUT2D eigenvalue weighted by atomic mass is 79.9. The number of hydrogen-bond donors (Lipinski definition) is 1. The summed E-state index contributed by atoms with van der Waals surface area (Å²) in [5.41, 5.74) is 1.76. The zero-order valence-electron chi connectivity index (χ0n) is 17.0. The summed E-state index contributed by atoms with van der Waals surface area (Å²) in [5.74, 6) is -0.166. The lowest BCUT2D eigenvalue weighted by Gasteiger charge is -2.31. The number of halogens is 1. The van der Waals surface area contributed by atoms with E-state index < -0.39 is 6.04 Å². The first kappa shape index (κ1) is 22.2. The fourth-order valence-corrected chi connectivity index (χ4v) is 3.15. The Balaban J connectivity index is 2.15. The fourth-order valence-electron chi connectivity index (χ4n) is 2.88. The van der Waals surface area contributed by atoms with Crippen molar-refractivity contribution >= 4 is 27.7 Å². The summed E-state index contributed by atoms with van der Waals surface area (Å²) in [4.78, 5) is 27.4. The molecular formula is C23H29BrN2O2. The van der Waals surface area contributed by atoms with Crippen LogP contribution < -0.4 is 5.32 Å². The second-order valence-corrected chi connectivity index (χ2v) is 8.96. The van der Waals surface area contributed by atoms with Gasteiger partial charge in [-0.25, -0.2) is 0 Å². The van der Waals surface area contributed by atoms with Gasteiger partial charge < -0.3 is 10.2 Å². The number of nitrogens with one attached hydrogen (secondary N) is 1. The smallest absolute Gasteiger partial charge is 0.242 e. The Labute approximate surface area is 176 Å². The van der Waals surface area contributed by atoms with Crippen LogP contribution in [0.4, 0.5) is 0 Å². The Hall–Kier alpha value is -2.14. The number of nitrogens with zero attached hydrogens (tertiary/aromatic N) is 1. The largest absolute Gasteiger partial charge is 0.350 e. The number of amides is 2. The molecule has 0 aliphatic heterocycles. The zero-order chi connectivity index (χ0) is 20.7. The lowest BCUT2D eigenvalue weighted by atomic mass is 10.1. The van der Waals surface area contributed by atoms with Crippen LogP contribution in [0.2, 0.25) is 0 Å². The predicted octanol–water partition coefficient (Wildman–Crippen LogP) is 4.71. The fraction of sp³-hybridized carbons (Fsp3) is 0.391. The van der Waals surface area contributed by atoms with Gasteiger partial charge in [-0.05, 0) is 57.4 Å². The van der Waals surface area contributed by atoms with Crippen LogP contribution in [0, 0.1) is 0 Å². The molecule has 150 valence electrons. The average Bonchev–Trinajstić information content (AvgIpc) is 2.64. The maximum absolute atomic E-state index is 13.0. The highest BCUT2D eigenvalue weighted by molar-refractivity contribution is 9.10. The van der Waals surface area contributed by atoms with E-state index in [9.17, 15) is 9.59 Å². The van der Waals surface area contributed by atoms with Crippen LogP contribution >= 0.6 is 15.9 Å². The Bertz CT molecular complexity index is 782. The molecule has 28 heavy (non-hydrogen) atoms. The molecule has 0 fully saturated rings. The van der Waals surface area contributed by atoms with E-state index in [1.807, 2.05) is 75.4 Å². The first-order chi connectivity index (χ1) is 13.2. The quantitative estimate of drug-likeness (QED) is 0.671. The lowest BCUT2D eigenvalue weighted by molar-refractivity contribution is -0.141. The predicted molar refractivity (Wildman–Crippen MR) is 117 cm³/mol. The van der Waals surface area contributed by atoms with E-state index in [1.165, 1.54) is 0 Å². The maximum atomic E-state index is 13.0. The number of carbonyl (C=O) groups is 2. The van der Waals surface area contributed by atoms with Gasteiger partial charge in [0.25, 0.3) is 0 Å². The maximum Gasteiger partial charge on any atom is 0.242 e. The van der Waals surface area contributed by atoms with Gasteiger partial charge in [0.05, 0.1) is 0 Å². The van der Waals surface area contributed by atoms with E-state index >= 15 is 0 Å². The molecule has 1 N–H and O–H groups in total. The molecule has 2 aromatic carbocycles. The molecule has 2 rings (SSSR count). The summed E-state index contributed by atoms with van der Waals surface area (Å²) < 4.78 is 0.983. The molecule has 0 aliphatic carbocycles. The van der Waals surface area contributed by atoms with Crippen LogP contribution in [0.5, 0.6) is 0 Å². The lowest BCUT2D eigenvalue weighted by Crippen LogP contribution is -2.52. The molecule has 5 heteroatoms. The third-order valence-corrected chi connectivity index (χ3v) is 4.93. The highest BCUT2D eigenvalue weighted by Gasteiger charge is 2.28. The number of hydrogen-bond acceptors (Lipinski definition) is 2. The van der Waals surface area contributed by atoms with Crippen molar-refractivity contribution in [2.24, 2.45) is 0 Å². The van der Waals surface area contributed by atoms with Crippen LogP contribution in [0.25, 0.3) is 0 Å². The van der Waals surface area contributed by atoms with Gasteiger partial charge in [0.1, 0.15) is 6.04 Å². The second kappa shape index (κ2) is 9.87. The minimum Gasteiger partial charge on any atom is -0.350 e. The van der Waals surface area contributed by atoms with Gasteiger partial charge in [-0.2, -0.15) is 0 Å². The van der Waals surface area contributed by atoms with Crippen molar-refractivity contribution in [1.82, 2.24) is 10.2 Å². The molecule has 0 spiro atoms. The van der Waals surface area contributed by atoms with Crippen LogP contribution in [-0.2, 0) is 22.6 Å². The normalized spacial score (nSPS) is 12.3. The monoisotopic (exact) mass is 444 g/mol. The Morgan fingerprint density at radius 2 is 1.61 bits per heavy atom. The number of carbonyl (C=O) groups excluding carboxylic acids is 2. The van der Waals surface area contributed by atoms with Crippen LogP contribution in [0.15, 0.2) is 59.1 Å². The zero-order valence-corrected chi connectivity index (χ0v) is 18.6. The first-order valence-corrected chi connectivity index (χ1v) is 10.3. The van der Waals surface area contributed by atoms with Crippen molar-refractivity contribution in [3.8, 4) is 0 Å². The summed E-state index contributed by atoms with van der Waals surface area (Å²) in [7, 11) is 0. The second-order valence-electron chi connectivity index (χ2n) is 8.05. The summed E-state index contributed by atoms with van der Waals surface area (Å²) in [5, 5.41) is 2.98. The van der Waals surface area contributed by atoms with E-state index in [0.717, 1.165) is 15.6 Å². The minimum absolute atomic E-state index is 0.0247. The molecule has 0 heterocycles. The first-order valence-electron chi connectivity index (χ1n) is 9.55. The SMILES string of the molecule is CC(C(=O)NC(C)(C)C)N(Cc1ccc(Br)cc1)C(=O)CCc1ccccc1. The standard InChI is InChI=1S/C23H29BrN2O2/c1-17(22(28)25-23(2,3)4)26(16-19-10-13-20(24)14-11-19)21(27)15-12-18-8-6-5-7-9-18/h5-11,13-14,17H,12,15-16H2,1-4H3,(H,25,28). The topological polar surface area (TPSA) is 49.4 Å². The number of benzene rings is 2. The number of rotatable bonds is 7. The van der Waals surface area contributed by atoms with Crippen molar-refractivity contribution in [1.29, 1.82) is 0 Å². The van der Waals surface area contributed by atoms with Gasteiger partial charge in [0, 0.05) is 23.0 Å². The van der Waals surface area contributed by atoms with Crippen molar-refractivity contribution in [3.63, 3.8) is 0 Å². The van der Waals surface area contributed by atoms with Crippen molar-refractivity contribution in [2.75, 3.05) is 0 Å². The van der Waals surface area contributed by atoms with Gasteiger partial charge in [0.15, 0.2) is 0 Å². The van der Waals surface area contributed by atoms with Crippen LogP contribution in [0.1, 0.15) is 45.2 Å². The molecule has 0 saturated carbocycles. The molecule has 0 aliphatic rings. The molecule has 0 bridgehead atoms. The molecule has 2 amide bonds. The van der Waals surface area contributed by atoms with Crippen LogP contribution in [-0.4, -0.2) is 28.3 Å². The Morgan fingerprint density at radius 1 is 1.00 bits per heavy atom. The molecule has 0 saturated heterocycles. The molecular weight excluding hydrogens is 416 g/mol. The molecule has 0 radical (unpaired) electrons. The minimum atomic E-state index is -0.550. The molecule has 1 atom stereocenters. The van der Waals surface area contributed by atoms with E-state index in [2.05, 4.69) is 21.2 Å². The number of aryl methyl sites for hydroxylation is 1. The molecule has 4 nitrogen and oxygen atoms in total. The van der Waals surface area contributed by atoms with Gasteiger partial charge >= 0.3 is 0 Å². The third-order valence-electron chi connectivity index (χ3n) is 4.40. The van der Waals surface area contributed by atoms with Gasteiger partial charge in [-0.1, -0.05) is 58.4 Å². The van der Waals surface area contributed by atoms with E-state index in [4.69, 9.17) is 0 Å². The van der Waals surface area contributed by atoms with E-state index in [-0.39, 0.29) is 17.4 Å². The van der Waals surface area contributed by atoms with Gasteiger partial charge in [-0.15, -0.1) is 0 Å². The van der Waals surface area contributed by atoms with Gasteiger partial charge in [-0.3, -0.25) is 9.59 Å². The summed E-state index contributed by atoms with van der Waals surface area (Å²) in [6, 6.07) is 17.2. The Morgan fingerprint density at radius 3 is 2.18 bits per heavy atom. The van der Waals surface area contributed by atoms with Gasteiger partial charge in [0.2, 0.25) is 11.8 Å². The van der Waals surface area contributed by atoms with Crippen molar-refractivity contribution in [2.45, 2.75) is 58.7 Å². The highest BCUT2D eigenvalue weighted by Crippen LogP contribution is 2.16. The van der Waals surface area contributed by atoms with Crippen LogP contribution in [0.3, 0.4) is 0 Å². The average molecular weight is 445 g/mol. The van der Waals surface area contributed by atoms with Crippen molar-refractivity contribution < 1.29 is 9.59 Å². The summed E-state index contributed by atoms with van der Waals surface area (Å²) in [6.07, 6.45) is 1.03. The van der Waals surface area contributed by atoms with Crippen molar-refractivity contribution in [3.05, 3.63) is 70.2 Å². The molecule has 0 aromatic heterocycles. The Kier molecular flexibility index (Phi) is 7.81. The van der Waals surface area contributed by atoms with E-state index in [0.29, 0.717) is 19.4 Å². The summed E-state index contributed by atoms with van der Waals surface area (Å²) >= 11 is 3.43. The molecule has 1 unspecified atom stereocenters. The van der Waals surface area contributed by atoms with E-state index in [1.54, 1.807) is 11.8 Å². The summed E-state index contributed by atoms with van der Waals surface area (Å²) in [6.45, 7) is 8.01. The third kappa shape index (κ3) is 7.12. The molecule has 2 aromatic rings.